The number of halogens is 1. The van der Waals surface area contributed by atoms with Crippen molar-refractivity contribution >= 4 is 17.4 Å². The average molecular weight is 215 g/mol. The molecule has 0 atom stereocenters. The van der Waals surface area contributed by atoms with Gasteiger partial charge in [0.15, 0.2) is 5.15 Å². The molecule has 1 rings (SSSR count). The smallest absolute Gasteiger partial charge is 0.151 e. The number of aromatic nitrogens is 2. The van der Waals surface area contributed by atoms with Crippen molar-refractivity contribution < 1.29 is 0 Å². The topological polar surface area (TPSA) is 41.0 Å². The van der Waals surface area contributed by atoms with Crippen molar-refractivity contribution in [2.45, 2.75) is 6.42 Å². The first-order valence-electron chi connectivity index (χ1n) is 4.56. The van der Waals surface area contributed by atoms with Gasteiger partial charge in [-0.3, -0.25) is 0 Å². The SMILES string of the molecule is CN(C)CCCNc1ccc(Cl)nn1. The molecule has 0 aromatic carbocycles. The quantitative estimate of drug-likeness (QED) is 0.755. The highest BCUT2D eigenvalue weighted by Crippen LogP contribution is 2.05. The summed E-state index contributed by atoms with van der Waals surface area (Å²) < 4.78 is 0. The molecule has 0 fully saturated rings. The van der Waals surface area contributed by atoms with Gasteiger partial charge in [0.2, 0.25) is 0 Å². The summed E-state index contributed by atoms with van der Waals surface area (Å²) in [7, 11) is 4.12. The van der Waals surface area contributed by atoms with Gasteiger partial charge < -0.3 is 10.2 Å². The molecule has 1 aromatic rings. The van der Waals surface area contributed by atoms with Crippen LogP contribution in [-0.2, 0) is 0 Å². The van der Waals surface area contributed by atoms with Crippen molar-refractivity contribution in [2.75, 3.05) is 32.5 Å². The summed E-state index contributed by atoms with van der Waals surface area (Å²) in [4.78, 5) is 2.15. The maximum absolute atomic E-state index is 5.61. The fourth-order valence-corrected chi connectivity index (χ4v) is 1.12. The van der Waals surface area contributed by atoms with Crippen LogP contribution in [0.1, 0.15) is 6.42 Å². The summed E-state index contributed by atoms with van der Waals surface area (Å²) in [6, 6.07) is 3.55. The van der Waals surface area contributed by atoms with Gasteiger partial charge in [-0.05, 0) is 39.2 Å². The minimum atomic E-state index is 0.420. The molecule has 1 heterocycles. The molecule has 78 valence electrons. The van der Waals surface area contributed by atoms with Crippen molar-refractivity contribution in [3.63, 3.8) is 0 Å². The lowest BCUT2D eigenvalue weighted by atomic mass is 10.4. The molecule has 0 unspecified atom stereocenters. The van der Waals surface area contributed by atoms with Crippen molar-refractivity contribution in [1.82, 2.24) is 15.1 Å². The summed E-state index contributed by atoms with van der Waals surface area (Å²) in [5, 5.41) is 11.2. The van der Waals surface area contributed by atoms with E-state index in [0.29, 0.717) is 5.15 Å². The van der Waals surface area contributed by atoms with Gasteiger partial charge >= 0.3 is 0 Å². The Bertz CT molecular complexity index is 260. The number of nitrogens with zero attached hydrogens (tertiary/aromatic N) is 3. The van der Waals surface area contributed by atoms with Crippen LogP contribution in [0, 0.1) is 0 Å². The van der Waals surface area contributed by atoms with Crippen LogP contribution < -0.4 is 5.32 Å². The third kappa shape index (κ3) is 4.39. The molecular formula is C9H15ClN4. The lowest BCUT2D eigenvalue weighted by molar-refractivity contribution is 0.405. The van der Waals surface area contributed by atoms with Crippen LogP contribution >= 0.6 is 11.6 Å². The van der Waals surface area contributed by atoms with Gasteiger partial charge in [-0.1, -0.05) is 11.6 Å². The Morgan fingerprint density at radius 3 is 2.71 bits per heavy atom. The van der Waals surface area contributed by atoms with E-state index in [1.165, 1.54) is 0 Å². The van der Waals surface area contributed by atoms with Crippen LogP contribution in [0.25, 0.3) is 0 Å². The first kappa shape index (κ1) is 11.2. The van der Waals surface area contributed by atoms with E-state index in [2.05, 4.69) is 34.5 Å². The van der Waals surface area contributed by atoms with Crippen molar-refractivity contribution in [2.24, 2.45) is 0 Å². The van der Waals surface area contributed by atoms with Crippen LogP contribution in [0.2, 0.25) is 5.15 Å². The minimum Gasteiger partial charge on any atom is -0.369 e. The van der Waals surface area contributed by atoms with Gasteiger partial charge in [-0.25, -0.2) is 0 Å². The highest BCUT2D eigenvalue weighted by molar-refractivity contribution is 6.29. The van der Waals surface area contributed by atoms with Crippen molar-refractivity contribution in [3.05, 3.63) is 17.3 Å². The Balaban J connectivity index is 2.21. The van der Waals surface area contributed by atoms with Gasteiger partial charge in [-0.15, -0.1) is 10.2 Å². The zero-order chi connectivity index (χ0) is 10.4. The fraction of sp³-hybridized carbons (Fsp3) is 0.556. The monoisotopic (exact) mass is 214 g/mol. The third-order valence-electron chi connectivity index (χ3n) is 1.72. The Morgan fingerprint density at radius 1 is 1.36 bits per heavy atom. The standard InChI is InChI=1S/C9H15ClN4/c1-14(2)7-3-6-11-9-5-4-8(10)12-13-9/h4-5H,3,6-7H2,1-2H3,(H,11,13). The van der Waals surface area contributed by atoms with E-state index >= 15 is 0 Å². The number of hydrogen-bond acceptors (Lipinski definition) is 4. The molecule has 0 saturated heterocycles. The van der Waals surface area contributed by atoms with Gasteiger partial charge in [-0.2, -0.15) is 0 Å². The molecule has 0 amide bonds. The number of hydrogen-bond donors (Lipinski definition) is 1. The highest BCUT2D eigenvalue weighted by Gasteiger charge is 1.95. The van der Waals surface area contributed by atoms with E-state index < -0.39 is 0 Å². The van der Waals surface area contributed by atoms with Gasteiger partial charge in [0.25, 0.3) is 0 Å². The lowest BCUT2D eigenvalue weighted by Gasteiger charge is -2.09. The molecule has 0 aliphatic heterocycles. The number of nitrogens with one attached hydrogen (secondary N) is 1. The molecule has 0 aliphatic rings. The zero-order valence-corrected chi connectivity index (χ0v) is 9.25. The molecule has 1 aromatic heterocycles. The Labute approximate surface area is 89.3 Å². The first-order chi connectivity index (χ1) is 6.68. The lowest BCUT2D eigenvalue weighted by Crippen LogP contribution is -2.16. The van der Waals surface area contributed by atoms with E-state index in [1.807, 2.05) is 6.07 Å². The maximum atomic E-state index is 5.61. The van der Waals surface area contributed by atoms with Gasteiger partial charge in [0.05, 0.1) is 0 Å². The summed E-state index contributed by atoms with van der Waals surface area (Å²) in [6.45, 7) is 1.96. The second-order valence-electron chi connectivity index (χ2n) is 3.32. The van der Waals surface area contributed by atoms with Crippen LogP contribution in [0.15, 0.2) is 12.1 Å². The Kier molecular flexibility index (Phi) is 4.62. The molecule has 0 aliphatic carbocycles. The predicted molar refractivity (Wildman–Crippen MR) is 58.7 cm³/mol. The van der Waals surface area contributed by atoms with Crippen LogP contribution in [-0.4, -0.2) is 42.3 Å². The molecule has 4 nitrogen and oxygen atoms in total. The van der Waals surface area contributed by atoms with E-state index in [0.717, 1.165) is 25.3 Å². The normalized spacial score (nSPS) is 10.6. The third-order valence-corrected chi connectivity index (χ3v) is 1.92. The summed E-state index contributed by atoms with van der Waals surface area (Å²) in [5.74, 6) is 0.771. The fourth-order valence-electron chi connectivity index (χ4n) is 1.02. The van der Waals surface area contributed by atoms with Crippen molar-refractivity contribution in [1.29, 1.82) is 0 Å². The van der Waals surface area contributed by atoms with Gasteiger partial charge in [0.1, 0.15) is 5.82 Å². The van der Waals surface area contributed by atoms with E-state index in [-0.39, 0.29) is 0 Å². The molecular weight excluding hydrogens is 200 g/mol. The first-order valence-corrected chi connectivity index (χ1v) is 4.94. The van der Waals surface area contributed by atoms with Gasteiger partial charge in [0, 0.05) is 6.54 Å². The van der Waals surface area contributed by atoms with Crippen LogP contribution in [0.3, 0.4) is 0 Å². The minimum absolute atomic E-state index is 0.420. The van der Waals surface area contributed by atoms with Crippen molar-refractivity contribution in [3.8, 4) is 0 Å². The van der Waals surface area contributed by atoms with E-state index in [4.69, 9.17) is 11.6 Å². The number of rotatable bonds is 5. The van der Waals surface area contributed by atoms with Crippen LogP contribution in [0.5, 0.6) is 0 Å². The second kappa shape index (κ2) is 5.78. The Hall–Kier alpha value is -0.870. The maximum Gasteiger partial charge on any atom is 0.151 e. The molecule has 14 heavy (non-hydrogen) atoms. The molecule has 0 radical (unpaired) electrons. The average Bonchev–Trinajstić information content (AvgIpc) is 2.15. The van der Waals surface area contributed by atoms with E-state index in [1.54, 1.807) is 6.07 Å². The molecule has 0 saturated carbocycles. The largest absolute Gasteiger partial charge is 0.369 e. The molecule has 5 heteroatoms. The zero-order valence-electron chi connectivity index (χ0n) is 8.50. The number of anilines is 1. The molecule has 1 N–H and O–H groups in total. The highest BCUT2D eigenvalue weighted by atomic mass is 35.5. The summed E-state index contributed by atoms with van der Waals surface area (Å²) in [5.41, 5.74) is 0. The van der Waals surface area contributed by atoms with E-state index in [9.17, 15) is 0 Å². The molecule has 0 bridgehead atoms. The predicted octanol–water partition coefficient (Wildman–Crippen LogP) is 1.49. The summed E-state index contributed by atoms with van der Waals surface area (Å²) >= 11 is 5.61. The van der Waals surface area contributed by atoms with Crippen LogP contribution in [0.4, 0.5) is 5.82 Å². The second-order valence-corrected chi connectivity index (χ2v) is 3.71. The summed E-state index contributed by atoms with van der Waals surface area (Å²) in [6.07, 6.45) is 1.08. The Morgan fingerprint density at radius 2 is 2.14 bits per heavy atom. The molecule has 0 spiro atoms.